The van der Waals surface area contributed by atoms with Crippen molar-refractivity contribution in [2.45, 2.75) is 43.9 Å². The molecule has 1 aromatic rings. The lowest BCUT2D eigenvalue weighted by Gasteiger charge is -2.28. The van der Waals surface area contributed by atoms with Gasteiger partial charge >= 0.3 is 0 Å². The van der Waals surface area contributed by atoms with Gasteiger partial charge in [0.2, 0.25) is 0 Å². The first-order valence-electron chi connectivity index (χ1n) is 7.27. The van der Waals surface area contributed by atoms with Crippen LogP contribution in [0.5, 0.6) is 0 Å². The Balaban J connectivity index is 2.26. The SMILES string of the molecule is CCSc1cccc(N2CCCCCCC2)c1C#N. The van der Waals surface area contributed by atoms with Crippen LogP contribution < -0.4 is 4.90 Å². The highest BCUT2D eigenvalue weighted by Gasteiger charge is 2.15. The van der Waals surface area contributed by atoms with Gasteiger partial charge in [-0.05, 0) is 30.7 Å². The molecule has 0 spiro atoms. The van der Waals surface area contributed by atoms with Crippen molar-refractivity contribution < 1.29 is 0 Å². The fraction of sp³-hybridized carbons (Fsp3) is 0.562. The fourth-order valence-corrected chi connectivity index (χ4v) is 3.44. The molecule has 0 aliphatic carbocycles. The van der Waals surface area contributed by atoms with Crippen molar-refractivity contribution in [1.29, 1.82) is 5.26 Å². The highest BCUT2D eigenvalue weighted by Crippen LogP contribution is 2.31. The van der Waals surface area contributed by atoms with E-state index in [1.807, 2.05) is 0 Å². The summed E-state index contributed by atoms with van der Waals surface area (Å²) >= 11 is 1.76. The van der Waals surface area contributed by atoms with Crippen molar-refractivity contribution in [1.82, 2.24) is 0 Å². The van der Waals surface area contributed by atoms with E-state index in [2.05, 4.69) is 36.1 Å². The molecule has 0 unspecified atom stereocenters. The molecule has 0 aromatic heterocycles. The maximum Gasteiger partial charge on any atom is 0.103 e. The molecule has 3 heteroatoms. The number of benzene rings is 1. The summed E-state index contributed by atoms with van der Waals surface area (Å²) in [5.41, 5.74) is 2.01. The van der Waals surface area contributed by atoms with Crippen LogP contribution in [-0.4, -0.2) is 18.8 Å². The van der Waals surface area contributed by atoms with E-state index in [4.69, 9.17) is 0 Å². The summed E-state index contributed by atoms with van der Waals surface area (Å²) in [6.45, 7) is 4.32. The zero-order valence-corrected chi connectivity index (χ0v) is 12.5. The van der Waals surface area contributed by atoms with E-state index >= 15 is 0 Å². The molecule has 0 saturated carbocycles. The van der Waals surface area contributed by atoms with Crippen LogP contribution in [0, 0.1) is 11.3 Å². The van der Waals surface area contributed by atoms with E-state index in [9.17, 15) is 5.26 Å². The third-order valence-corrected chi connectivity index (χ3v) is 4.55. The molecule has 0 amide bonds. The predicted molar refractivity (Wildman–Crippen MR) is 82.9 cm³/mol. The second kappa shape index (κ2) is 7.45. The van der Waals surface area contributed by atoms with E-state index in [0.717, 1.165) is 35.0 Å². The zero-order chi connectivity index (χ0) is 13.5. The van der Waals surface area contributed by atoms with Crippen molar-refractivity contribution in [3.05, 3.63) is 23.8 Å². The Kier molecular flexibility index (Phi) is 5.60. The quantitative estimate of drug-likeness (QED) is 0.762. The van der Waals surface area contributed by atoms with Crippen molar-refractivity contribution >= 4 is 17.4 Å². The third-order valence-electron chi connectivity index (χ3n) is 3.61. The van der Waals surface area contributed by atoms with Crippen molar-refractivity contribution in [3.8, 4) is 6.07 Å². The van der Waals surface area contributed by atoms with Crippen LogP contribution in [0.2, 0.25) is 0 Å². The molecule has 102 valence electrons. The number of rotatable bonds is 3. The predicted octanol–water partition coefficient (Wildman–Crippen LogP) is 4.44. The zero-order valence-electron chi connectivity index (χ0n) is 11.7. The second-order valence-electron chi connectivity index (χ2n) is 4.95. The molecule has 0 radical (unpaired) electrons. The van der Waals surface area contributed by atoms with Crippen LogP contribution in [0.4, 0.5) is 5.69 Å². The number of hydrogen-bond acceptors (Lipinski definition) is 3. The molecular formula is C16H22N2S. The first-order valence-corrected chi connectivity index (χ1v) is 8.26. The summed E-state index contributed by atoms with van der Waals surface area (Å²) in [7, 11) is 0. The lowest BCUT2D eigenvalue weighted by molar-refractivity contribution is 0.556. The maximum atomic E-state index is 9.49. The molecule has 1 heterocycles. The van der Waals surface area contributed by atoms with Crippen molar-refractivity contribution in [3.63, 3.8) is 0 Å². The Morgan fingerprint density at radius 2 is 1.84 bits per heavy atom. The average Bonchev–Trinajstić information content (AvgIpc) is 2.38. The Bertz CT molecular complexity index is 443. The molecular weight excluding hydrogens is 252 g/mol. The Hall–Kier alpha value is -1.14. The fourth-order valence-electron chi connectivity index (χ4n) is 2.66. The normalized spacial score (nSPS) is 16.5. The number of thioether (sulfide) groups is 1. The summed E-state index contributed by atoms with van der Waals surface area (Å²) in [6.07, 6.45) is 6.50. The van der Waals surface area contributed by atoms with Gasteiger partial charge in [-0.1, -0.05) is 32.3 Å². The first-order chi connectivity index (χ1) is 9.36. The van der Waals surface area contributed by atoms with E-state index in [-0.39, 0.29) is 0 Å². The summed E-state index contributed by atoms with van der Waals surface area (Å²) < 4.78 is 0. The Labute approximate surface area is 120 Å². The average molecular weight is 274 g/mol. The van der Waals surface area contributed by atoms with Crippen molar-refractivity contribution in [2.24, 2.45) is 0 Å². The van der Waals surface area contributed by atoms with Gasteiger partial charge in [-0.3, -0.25) is 0 Å². The number of nitriles is 1. The first kappa shape index (κ1) is 14.3. The molecule has 2 rings (SSSR count). The molecule has 0 atom stereocenters. The minimum Gasteiger partial charge on any atom is -0.370 e. The summed E-state index contributed by atoms with van der Waals surface area (Å²) in [6, 6.07) is 8.69. The summed E-state index contributed by atoms with van der Waals surface area (Å²) in [4.78, 5) is 3.54. The molecule has 1 aromatic carbocycles. The molecule has 1 saturated heterocycles. The smallest absolute Gasteiger partial charge is 0.103 e. The topological polar surface area (TPSA) is 27.0 Å². The minimum absolute atomic E-state index is 0.870. The Morgan fingerprint density at radius 3 is 2.47 bits per heavy atom. The molecule has 2 nitrogen and oxygen atoms in total. The van der Waals surface area contributed by atoms with Crippen LogP contribution in [0.1, 0.15) is 44.6 Å². The standard InChI is InChI=1S/C16H22N2S/c1-2-19-16-10-8-9-15(14(16)13-17)18-11-6-4-3-5-7-12-18/h8-10H,2-7,11-12H2,1H3. The van der Waals surface area contributed by atoms with Gasteiger partial charge < -0.3 is 4.90 Å². The monoisotopic (exact) mass is 274 g/mol. The molecule has 0 N–H and O–H groups in total. The van der Waals surface area contributed by atoms with E-state index < -0.39 is 0 Å². The highest BCUT2D eigenvalue weighted by molar-refractivity contribution is 7.99. The van der Waals surface area contributed by atoms with Crippen molar-refractivity contribution in [2.75, 3.05) is 23.7 Å². The van der Waals surface area contributed by atoms with Gasteiger partial charge in [0.15, 0.2) is 0 Å². The molecule has 1 aliphatic heterocycles. The van der Waals surface area contributed by atoms with E-state index in [1.165, 1.54) is 32.1 Å². The van der Waals surface area contributed by atoms with Gasteiger partial charge in [0.05, 0.1) is 11.3 Å². The van der Waals surface area contributed by atoms with Gasteiger partial charge in [0, 0.05) is 18.0 Å². The lowest BCUT2D eigenvalue weighted by atomic mass is 10.1. The van der Waals surface area contributed by atoms with Gasteiger partial charge in [-0.25, -0.2) is 0 Å². The molecule has 0 bridgehead atoms. The van der Waals surface area contributed by atoms with Gasteiger partial charge in [-0.15, -0.1) is 11.8 Å². The summed E-state index contributed by atoms with van der Waals surface area (Å²) in [5, 5.41) is 9.49. The van der Waals surface area contributed by atoms with Gasteiger partial charge in [0.1, 0.15) is 6.07 Å². The third kappa shape index (κ3) is 3.67. The van der Waals surface area contributed by atoms with Crippen LogP contribution in [0.25, 0.3) is 0 Å². The van der Waals surface area contributed by atoms with Crippen LogP contribution in [0.3, 0.4) is 0 Å². The van der Waals surface area contributed by atoms with Gasteiger partial charge in [0.25, 0.3) is 0 Å². The highest BCUT2D eigenvalue weighted by atomic mass is 32.2. The van der Waals surface area contributed by atoms with Crippen LogP contribution in [-0.2, 0) is 0 Å². The number of hydrogen-bond donors (Lipinski definition) is 0. The largest absolute Gasteiger partial charge is 0.370 e. The second-order valence-corrected chi connectivity index (χ2v) is 6.26. The molecule has 1 aliphatic rings. The lowest BCUT2D eigenvalue weighted by Crippen LogP contribution is -2.27. The summed E-state index contributed by atoms with van der Waals surface area (Å²) in [5.74, 6) is 1.01. The molecule has 19 heavy (non-hydrogen) atoms. The number of nitrogens with zero attached hydrogens (tertiary/aromatic N) is 2. The van der Waals surface area contributed by atoms with E-state index in [0.29, 0.717) is 0 Å². The maximum absolute atomic E-state index is 9.49. The van der Waals surface area contributed by atoms with Crippen LogP contribution >= 0.6 is 11.8 Å². The van der Waals surface area contributed by atoms with Gasteiger partial charge in [-0.2, -0.15) is 5.26 Å². The molecule has 1 fully saturated rings. The Morgan fingerprint density at radius 1 is 1.16 bits per heavy atom. The van der Waals surface area contributed by atoms with E-state index in [1.54, 1.807) is 11.8 Å². The van der Waals surface area contributed by atoms with Crippen LogP contribution in [0.15, 0.2) is 23.1 Å². The number of anilines is 1. The minimum atomic E-state index is 0.870.